The van der Waals surface area contributed by atoms with E-state index in [9.17, 15) is 14.0 Å². The molecule has 2 amide bonds. The van der Waals surface area contributed by atoms with E-state index in [1.807, 2.05) is 30.3 Å². The molecule has 0 bridgehead atoms. The molecule has 0 unspecified atom stereocenters. The third kappa shape index (κ3) is 4.12. The van der Waals surface area contributed by atoms with E-state index in [1.165, 1.54) is 40.5 Å². The molecule has 0 saturated carbocycles. The third-order valence-electron chi connectivity index (χ3n) is 3.71. The van der Waals surface area contributed by atoms with Crippen molar-refractivity contribution in [2.45, 2.75) is 6.42 Å². The summed E-state index contributed by atoms with van der Waals surface area (Å²) >= 11 is 1.36. The summed E-state index contributed by atoms with van der Waals surface area (Å²) < 4.78 is 13.2. The van der Waals surface area contributed by atoms with Gasteiger partial charge in [-0.2, -0.15) is 0 Å². The second kappa shape index (κ2) is 7.88. The van der Waals surface area contributed by atoms with E-state index >= 15 is 0 Å². The van der Waals surface area contributed by atoms with Gasteiger partial charge in [-0.3, -0.25) is 9.59 Å². The average molecular weight is 369 g/mol. The lowest BCUT2D eigenvalue weighted by Crippen LogP contribution is -2.34. The summed E-state index contributed by atoms with van der Waals surface area (Å²) in [6, 6.07) is 15.0. The first-order chi connectivity index (χ1) is 12.5. The molecule has 3 rings (SSSR count). The molecular formula is C19H16FN3O2S. The van der Waals surface area contributed by atoms with Gasteiger partial charge in [-0.15, -0.1) is 11.3 Å². The van der Waals surface area contributed by atoms with E-state index in [0.717, 1.165) is 10.6 Å². The highest BCUT2D eigenvalue weighted by Gasteiger charge is 2.21. The number of carbonyl (C=O) groups excluding carboxylic acids is 2. The number of halogens is 1. The topological polar surface area (TPSA) is 76.3 Å². The number of thiazole rings is 1. The van der Waals surface area contributed by atoms with Crippen LogP contribution in [-0.2, 0) is 4.79 Å². The first-order valence-electron chi connectivity index (χ1n) is 7.91. The van der Waals surface area contributed by atoms with Gasteiger partial charge >= 0.3 is 0 Å². The zero-order chi connectivity index (χ0) is 18.5. The van der Waals surface area contributed by atoms with Gasteiger partial charge < -0.3 is 10.6 Å². The van der Waals surface area contributed by atoms with Crippen LogP contribution in [0.4, 0.5) is 10.1 Å². The van der Waals surface area contributed by atoms with E-state index in [-0.39, 0.29) is 24.6 Å². The van der Waals surface area contributed by atoms with Crippen LogP contribution in [-0.4, -0.2) is 23.3 Å². The van der Waals surface area contributed by atoms with Gasteiger partial charge in [0, 0.05) is 29.6 Å². The van der Waals surface area contributed by atoms with E-state index in [4.69, 9.17) is 5.73 Å². The van der Waals surface area contributed by atoms with E-state index in [0.29, 0.717) is 5.69 Å². The molecule has 26 heavy (non-hydrogen) atoms. The number of nitrogens with two attached hydrogens (primary N) is 1. The number of primary amides is 1. The van der Waals surface area contributed by atoms with Gasteiger partial charge in [0.1, 0.15) is 16.5 Å². The van der Waals surface area contributed by atoms with Gasteiger partial charge in [0.25, 0.3) is 5.91 Å². The largest absolute Gasteiger partial charge is 0.370 e. The minimum atomic E-state index is -0.520. The molecule has 0 spiro atoms. The fraction of sp³-hybridized carbons (Fsp3) is 0.105. The quantitative estimate of drug-likeness (QED) is 0.723. The molecule has 0 aliphatic carbocycles. The summed E-state index contributed by atoms with van der Waals surface area (Å²) in [5, 5.41) is 2.40. The average Bonchev–Trinajstić information content (AvgIpc) is 3.14. The zero-order valence-corrected chi connectivity index (χ0v) is 14.6. The molecule has 0 fully saturated rings. The van der Waals surface area contributed by atoms with Crippen LogP contribution in [0.25, 0.3) is 10.6 Å². The molecule has 5 nitrogen and oxygen atoms in total. The third-order valence-corrected chi connectivity index (χ3v) is 4.60. The second-order valence-electron chi connectivity index (χ2n) is 5.55. The molecule has 3 aromatic rings. The van der Waals surface area contributed by atoms with Crippen molar-refractivity contribution in [2.75, 3.05) is 11.4 Å². The van der Waals surface area contributed by atoms with Gasteiger partial charge in [0.15, 0.2) is 0 Å². The predicted octanol–water partition coefficient (Wildman–Crippen LogP) is 3.47. The Bertz CT molecular complexity index is 910. The highest BCUT2D eigenvalue weighted by Crippen LogP contribution is 2.25. The molecule has 0 atom stereocenters. The van der Waals surface area contributed by atoms with Crippen molar-refractivity contribution in [1.82, 2.24) is 4.98 Å². The minimum Gasteiger partial charge on any atom is -0.370 e. The molecule has 2 N–H and O–H groups in total. The zero-order valence-electron chi connectivity index (χ0n) is 13.8. The molecule has 7 heteroatoms. The van der Waals surface area contributed by atoms with Crippen LogP contribution in [0.15, 0.2) is 60.0 Å². The van der Waals surface area contributed by atoms with Crippen molar-refractivity contribution in [1.29, 1.82) is 0 Å². The maximum Gasteiger partial charge on any atom is 0.277 e. The first kappa shape index (κ1) is 17.8. The molecule has 132 valence electrons. The Hall–Kier alpha value is -3.06. The monoisotopic (exact) mass is 369 g/mol. The number of rotatable bonds is 6. The maximum atomic E-state index is 13.2. The van der Waals surface area contributed by atoms with Gasteiger partial charge in [-0.1, -0.05) is 30.3 Å². The fourth-order valence-electron chi connectivity index (χ4n) is 2.41. The number of aromatic nitrogens is 1. The summed E-state index contributed by atoms with van der Waals surface area (Å²) in [5.74, 6) is -1.29. The number of hydrogen-bond donors (Lipinski definition) is 1. The van der Waals surface area contributed by atoms with Crippen molar-refractivity contribution < 1.29 is 14.0 Å². The summed E-state index contributed by atoms with van der Waals surface area (Å²) in [4.78, 5) is 29.9. The van der Waals surface area contributed by atoms with Crippen molar-refractivity contribution in [3.8, 4) is 10.6 Å². The summed E-state index contributed by atoms with van der Waals surface area (Å²) in [5.41, 5.74) is 6.87. The van der Waals surface area contributed by atoms with E-state index in [2.05, 4.69) is 4.98 Å². The Morgan fingerprint density at radius 1 is 1.08 bits per heavy atom. The molecule has 1 aromatic heterocycles. The summed E-state index contributed by atoms with van der Waals surface area (Å²) in [7, 11) is 0. The molecule has 0 aliphatic rings. The minimum absolute atomic E-state index is 0.00119. The highest BCUT2D eigenvalue weighted by atomic mass is 32.1. The lowest BCUT2D eigenvalue weighted by atomic mass is 10.2. The number of benzene rings is 2. The van der Waals surface area contributed by atoms with Crippen LogP contribution in [0.3, 0.4) is 0 Å². The Morgan fingerprint density at radius 3 is 2.42 bits per heavy atom. The van der Waals surface area contributed by atoms with Gasteiger partial charge in [0.05, 0.1) is 0 Å². The molecule has 0 aliphatic heterocycles. The Labute approximate surface area is 153 Å². The SMILES string of the molecule is NC(=O)CCN(C(=O)c1csc(-c2ccccc2)n1)c1ccc(F)cc1. The number of carbonyl (C=O) groups is 2. The van der Waals surface area contributed by atoms with Crippen LogP contribution in [0, 0.1) is 5.82 Å². The molecule has 1 heterocycles. The highest BCUT2D eigenvalue weighted by molar-refractivity contribution is 7.13. The maximum absolute atomic E-state index is 13.2. The first-order valence-corrected chi connectivity index (χ1v) is 8.79. The standard InChI is InChI=1S/C19H16FN3O2S/c20-14-6-8-15(9-7-14)23(11-10-17(21)24)19(25)16-12-26-18(22-16)13-4-2-1-3-5-13/h1-9,12H,10-11H2,(H2,21,24). The van der Waals surface area contributed by atoms with Gasteiger partial charge in [0.2, 0.25) is 5.91 Å². The number of amides is 2. The Balaban J connectivity index is 1.88. The van der Waals surface area contributed by atoms with Crippen LogP contribution in [0.2, 0.25) is 0 Å². The van der Waals surface area contributed by atoms with Gasteiger partial charge in [-0.05, 0) is 24.3 Å². The van der Waals surface area contributed by atoms with Crippen molar-refractivity contribution in [2.24, 2.45) is 5.73 Å². The molecular weight excluding hydrogens is 353 g/mol. The predicted molar refractivity (Wildman–Crippen MR) is 99.4 cm³/mol. The molecule has 2 aromatic carbocycles. The van der Waals surface area contributed by atoms with Crippen LogP contribution < -0.4 is 10.6 Å². The molecule has 0 radical (unpaired) electrons. The summed E-state index contributed by atoms with van der Waals surface area (Å²) in [6.07, 6.45) is -0.00119. The summed E-state index contributed by atoms with van der Waals surface area (Å²) in [6.45, 7) is 0.0952. The second-order valence-corrected chi connectivity index (χ2v) is 6.41. The van der Waals surface area contributed by atoms with E-state index in [1.54, 1.807) is 5.38 Å². The normalized spacial score (nSPS) is 10.5. The van der Waals surface area contributed by atoms with Gasteiger partial charge in [-0.25, -0.2) is 9.37 Å². The smallest absolute Gasteiger partial charge is 0.277 e. The number of nitrogens with zero attached hydrogens (tertiary/aromatic N) is 2. The van der Waals surface area contributed by atoms with Crippen LogP contribution in [0.1, 0.15) is 16.9 Å². The van der Waals surface area contributed by atoms with E-state index < -0.39 is 11.7 Å². The van der Waals surface area contributed by atoms with Crippen molar-refractivity contribution in [3.63, 3.8) is 0 Å². The van der Waals surface area contributed by atoms with Crippen LogP contribution >= 0.6 is 11.3 Å². The van der Waals surface area contributed by atoms with Crippen LogP contribution in [0.5, 0.6) is 0 Å². The Kier molecular flexibility index (Phi) is 5.38. The van der Waals surface area contributed by atoms with Crippen molar-refractivity contribution >= 4 is 28.8 Å². The van der Waals surface area contributed by atoms with Crippen molar-refractivity contribution in [3.05, 3.63) is 71.5 Å². The Morgan fingerprint density at radius 2 is 1.77 bits per heavy atom. The molecule has 0 saturated heterocycles. The number of anilines is 1. The lowest BCUT2D eigenvalue weighted by Gasteiger charge is -2.21. The lowest BCUT2D eigenvalue weighted by molar-refractivity contribution is -0.117. The number of hydrogen-bond acceptors (Lipinski definition) is 4. The fourth-order valence-corrected chi connectivity index (χ4v) is 3.21.